The topological polar surface area (TPSA) is 147 Å². The molecular weight excluding hydrogens is 472 g/mol. The van der Waals surface area contributed by atoms with E-state index in [1.54, 1.807) is 32.2 Å². The zero-order valence-corrected chi connectivity index (χ0v) is 20.5. The van der Waals surface area contributed by atoms with Gasteiger partial charge >= 0.3 is 0 Å². The summed E-state index contributed by atoms with van der Waals surface area (Å²) in [5.41, 5.74) is 2.43. The predicted octanol–water partition coefficient (Wildman–Crippen LogP) is 1.40. The van der Waals surface area contributed by atoms with E-state index >= 15 is 0 Å². The van der Waals surface area contributed by atoms with Gasteiger partial charge in [0.2, 0.25) is 0 Å². The molecule has 0 bridgehead atoms. The standard InChI is InChI=1S/C26H34O10/c1-13-21(29)22(30)23(31)26(35-13)34-12-17-16-9-14(5-4-8-27)10-20(33-3)25(16)36-24(17)15-6-7-19(32-2)18(28)11-15/h6-7,9-11,13,17,21-24,26-31H,4-5,8,12H2,1-3H3. The van der Waals surface area contributed by atoms with Crippen molar-refractivity contribution in [3.8, 4) is 23.0 Å². The van der Waals surface area contributed by atoms with Crippen molar-refractivity contribution >= 4 is 0 Å². The highest BCUT2D eigenvalue weighted by molar-refractivity contribution is 5.56. The molecule has 7 unspecified atom stereocenters. The third-order valence-corrected chi connectivity index (χ3v) is 6.78. The van der Waals surface area contributed by atoms with Crippen molar-refractivity contribution in [2.45, 2.75) is 62.5 Å². The quantitative estimate of drug-likeness (QED) is 0.338. The van der Waals surface area contributed by atoms with Crippen LogP contribution >= 0.6 is 0 Å². The highest BCUT2D eigenvalue weighted by Crippen LogP contribution is 2.52. The average Bonchev–Trinajstić information content (AvgIpc) is 3.25. The Morgan fingerprint density at radius 2 is 1.69 bits per heavy atom. The van der Waals surface area contributed by atoms with Gasteiger partial charge in [-0.05, 0) is 49.1 Å². The number of rotatable bonds is 9. The van der Waals surface area contributed by atoms with Crippen LogP contribution in [0.2, 0.25) is 0 Å². The number of aliphatic hydroxyl groups excluding tert-OH is 4. The molecule has 0 aliphatic carbocycles. The molecule has 0 aromatic heterocycles. The summed E-state index contributed by atoms with van der Waals surface area (Å²) < 4.78 is 28.7. The van der Waals surface area contributed by atoms with Crippen LogP contribution in [0.1, 0.15) is 42.1 Å². The van der Waals surface area contributed by atoms with Gasteiger partial charge in [0, 0.05) is 12.2 Å². The molecule has 2 heterocycles. The number of aryl methyl sites for hydroxylation is 1. The summed E-state index contributed by atoms with van der Waals surface area (Å²) in [7, 11) is 3.01. The Kier molecular flexibility index (Phi) is 8.23. The Balaban J connectivity index is 1.67. The van der Waals surface area contributed by atoms with Gasteiger partial charge in [-0.15, -0.1) is 0 Å². The zero-order chi connectivity index (χ0) is 26.0. The highest BCUT2D eigenvalue weighted by Gasteiger charge is 2.44. The number of ether oxygens (including phenoxy) is 5. The molecule has 2 aliphatic rings. The fraction of sp³-hybridized carbons (Fsp3) is 0.538. The lowest BCUT2D eigenvalue weighted by atomic mass is 9.90. The van der Waals surface area contributed by atoms with Crippen molar-refractivity contribution in [2.75, 3.05) is 27.4 Å². The summed E-state index contributed by atoms with van der Waals surface area (Å²) in [6.45, 7) is 1.68. The fourth-order valence-corrected chi connectivity index (χ4v) is 4.75. The third kappa shape index (κ3) is 5.10. The minimum atomic E-state index is -1.44. The van der Waals surface area contributed by atoms with Gasteiger partial charge in [-0.3, -0.25) is 0 Å². The monoisotopic (exact) mass is 506 g/mol. The minimum absolute atomic E-state index is 0.0360. The Labute approximate surface area is 209 Å². The van der Waals surface area contributed by atoms with Crippen LogP contribution in [0.3, 0.4) is 0 Å². The molecule has 2 aromatic rings. The number of hydrogen-bond acceptors (Lipinski definition) is 10. The molecule has 198 valence electrons. The number of benzene rings is 2. The van der Waals surface area contributed by atoms with Crippen molar-refractivity contribution in [1.29, 1.82) is 0 Å². The fourth-order valence-electron chi connectivity index (χ4n) is 4.75. The molecule has 10 nitrogen and oxygen atoms in total. The van der Waals surface area contributed by atoms with E-state index in [-0.39, 0.29) is 19.0 Å². The first kappa shape index (κ1) is 26.5. The van der Waals surface area contributed by atoms with Gasteiger partial charge in [0.25, 0.3) is 0 Å². The van der Waals surface area contributed by atoms with Crippen molar-refractivity contribution < 1.29 is 49.2 Å². The minimum Gasteiger partial charge on any atom is -0.504 e. The molecule has 4 rings (SSSR count). The lowest BCUT2D eigenvalue weighted by molar-refractivity contribution is -0.294. The summed E-state index contributed by atoms with van der Waals surface area (Å²) in [4.78, 5) is 0. The van der Waals surface area contributed by atoms with E-state index < -0.39 is 42.7 Å². The molecule has 5 N–H and O–H groups in total. The molecule has 1 saturated heterocycles. The summed E-state index contributed by atoms with van der Waals surface area (Å²) in [6.07, 6.45) is -5.34. The predicted molar refractivity (Wildman–Crippen MR) is 127 cm³/mol. The van der Waals surface area contributed by atoms with E-state index in [9.17, 15) is 25.5 Å². The maximum Gasteiger partial charge on any atom is 0.186 e. The first-order valence-corrected chi connectivity index (χ1v) is 12.0. The summed E-state index contributed by atoms with van der Waals surface area (Å²) in [5, 5.41) is 50.2. The van der Waals surface area contributed by atoms with Crippen LogP contribution in [0.25, 0.3) is 0 Å². The first-order valence-electron chi connectivity index (χ1n) is 12.0. The van der Waals surface area contributed by atoms with E-state index in [1.807, 2.05) is 12.1 Å². The Morgan fingerprint density at radius 3 is 2.36 bits per heavy atom. The molecule has 2 aromatic carbocycles. The molecule has 0 amide bonds. The zero-order valence-electron chi connectivity index (χ0n) is 20.5. The van der Waals surface area contributed by atoms with Gasteiger partial charge < -0.3 is 49.2 Å². The van der Waals surface area contributed by atoms with Crippen molar-refractivity contribution in [1.82, 2.24) is 0 Å². The smallest absolute Gasteiger partial charge is 0.186 e. The van der Waals surface area contributed by atoms with Crippen LogP contribution in [0.5, 0.6) is 23.0 Å². The average molecular weight is 507 g/mol. The van der Waals surface area contributed by atoms with Crippen LogP contribution in [-0.2, 0) is 15.9 Å². The third-order valence-electron chi connectivity index (χ3n) is 6.78. The van der Waals surface area contributed by atoms with Crippen molar-refractivity contribution in [3.63, 3.8) is 0 Å². The number of methoxy groups -OCH3 is 2. The van der Waals surface area contributed by atoms with E-state index in [2.05, 4.69) is 0 Å². The van der Waals surface area contributed by atoms with Crippen LogP contribution in [0.4, 0.5) is 0 Å². The van der Waals surface area contributed by atoms with Crippen LogP contribution in [-0.4, -0.2) is 83.7 Å². The van der Waals surface area contributed by atoms with Crippen molar-refractivity contribution in [2.24, 2.45) is 0 Å². The van der Waals surface area contributed by atoms with E-state index in [0.29, 0.717) is 35.7 Å². The number of hydrogen-bond donors (Lipinski definition) is 5. The molecular formula is C26H34O10. The Bertz CT molecular complexity index is 1040. The molecule has 10 heteroatoms. The molecule has 1 fully saturated rings. The van der Waals surface area contributed by atoms with Gasteiger partial charge in [0.1, 0.15) is 24.4 Å². The van der Waals surface area contributed by atoms with Crippen molar-refractivity contribution in [3.05, 3.63) is 47.0 Å². The first-order chi connectivity index (χ1) is 17.3. The highest BCUT2D eigenvalue weighted by atomic mass is 16.7. The van der Waals surface area contributed by atoms with Crippen LogP contribution in [0, 0.1) is 0 Å². The molecule has 0 spiro atoms. The number of aromatic hydroxyl groups is 1. The van der Waals surface area contributed by atoms with Gasteiger partial charge in [-0.2, -0.15) is 0 Å². The number of aliphatic hydroxyl groups is 4. The van der Waals surface area contributed by atoms with Gasteiger partial charge in [0.15, 0.2) is 29.3 Å². The van der Waals surface area contributed by atoms with Crippen LogP contribution < -0.4 is 14.2 Å². The Morgan fingerprint density at radius 1 is 0.944 bits per heavy atom. The van der Waals surface area contributed by atoms with Gasteiger partial charge in [0.05, 0.1) is 32.8 Å². The largest absolute Gasteiger partial charge is 0.504 e. The number of phenolic OH excluding ortho intramolecular Hbond substituents is 1. The number of fused-ring (bicyclic) bond motifs is 1. The second-order valence-electron chi connectivity index (χ2n) is 9.13. The van der Waals surface area contributed by atoms with Gasteiger partial charge in [-0.1, -0.05) is 12.1 Å². The van der Waals surface area contributed by atoms with E-state index in [4.69, 9.17) is 23.7 Å². The second-order valence-corrected chi connectivity index (χ2v) is 9.13. The summed E-state index contributed by atoms with van der Waals surface area (Å²) in [5.74, 6) is 0.957. The van der Waals surface area contributed by atoms with Crippen LogP contribution in [0.15, 0.2) is 30.3 Å². The lowest BCUT2D eigenvalue weighted by Crippen LogP contribution is -2.57. The normalized spacial score (nSPS) is 29.5. The summed E-state index contributed by atoms with van der Waals surface area (Å²) >= 11 is 0. The van der Waals surface area contributed by atoms with Gasteiger partial charge in [-0.25, -0.2) is 0 Å². The molecule has 2 aliphatic heterocycles. The SMILES string of the molecule is COc1ccc(C2Oc3c(OC)cc(CCCO)cc3C2COC2OC(C)C(O)C(O)C2O)cc1O. The van der Waals surface area contributed by atoms with E-state index in [1.165, 1.54) is 7.11 Å². The number of phenols is 1. The maximum absolute atomic E-state index is 10.4. The second kappa shape index (κ2) is 11.2. The maximum atomic E-state index is 10.4. The molecule has 0 radical (unpaired) electrons. The molecule has 36 heavy (non-hydrogen) atoms. The summed E-state index contributed by atoms with van der Waals surface area (Å²) in [6, 6.07) is 8.84. The lowest BCUT2D eigenvalue weighted by Gasteiger charge is -2.39. The Hall–Kier alpha value is -2.60. The van der Waals surface area contributed by atoms with E-state index in [0.717, 1.165) is 11.1 Å². The molecule has 0 saturated carbocycles. The molecule has 7 atom stereocenters.